The van der Waals surface area contributed by atoms with Gasteiger partial charge in [-0.2, -0.15) is 8.75 Å². The number of nitrogens with two attached hydrogens (primary N) is 1. The van der Waals surface area contributed by atoms with Gasteiger partial charge in [-0.15, -0.1) is 0 Å². The molecule has 12 nitrogen and oxygen atoms in total. The molecule has 0 spiro atoms. The molecule has 2 aromatic heterocycles. The number of oxime groups is 1. The highest BCUT2D eigenvalue weighted by molar-refractivity contribution is 8.03. The van der Waals surface area contributed by atoms with Crippen LogP contribution in [-0.2, 0) is 14.4 Å². The van der Waals surface area contributed by atoms with Crippen LogP contribution >= 0.6 is 46.4 Å². The number of carbonyl (C=O) groups excluding carboxylic acids is 2. The lowest BCUT2D eigenvalue weighted by molar-refractivity contribution is -0.155. The number of nitrogens with zero attached hydrogens (tertiary/aromatic N) is 5. The minimum absolute atomic E-state index is 0.0500. The highest BCUT2D eigenvalue weighted by Crippen LogP contribution is 2.42. The van der Waals surface area contributed by atoms with Gasteiger partial charge in [-0.25, -0.2) is 9.78 Å². The second kappa shape index (κ2) is 8.41. The fraction of sp³-hybridized carbons (Fsp3) is 0.267. The molecule has 31 heavy (non-hydrogen) atoms. The molecule has 0 bridgehead atoms. The van der Waals surface area contributed by atoms with Crippen LogP contribution in [0.15, 0.2) is 27.0 Å². The van der Waals surface area contributed by atoms with Crippen LogP contribution in [0.4, 0.5) is 5.13 Å². The Morgan fingerprint density at radius 1 is 1.45 bits per heavy atom. The zero-order valence-electron chi connectivity index (χ0n) is 15.2. The maximum Gasteiger partial charge on any atom is 0.353 e. The second-order valence-corrected chi connectivity index (χ2v) is 9.62. The molecule has 1 fully saturated rings. The zero-order valence-corrected chi connectivity index (χ0v) is 18.4. The third-order valence-electron chi connectivity index (χ3n) is 4.59. The van der Waals surface area contributed by atoms with Gasteiger partial charge in [-0.1, -0.05) is 39.9 Å². The number of halogens is 1. The number of rotatable bonds is 6. The first-order chi connectivity index (χ1) is 14.8. The average molecular weight is 502 g/mol. The van der Waals surface area contributed by atoms with Gasteiger partial charge in [0.05, 0.1) is 24.0 Å². The maximum absolute atomic E-state index is 12.7. The van der Waals surface area contributed by atoms with Gasteiger partial charge >= 0.3 is 5.97 Å². The van der Waals surface area contributed by atoms with E-state index >= 15 is 0 Å². The molecule has 2 amide bonds. The van der Waals surface area contributed by atoms with E-state index in [0.717, 1.165) is 39.7 Å². The average Bonchev–Trinajstić information content (AvgIpc) is 3.35. The molecule has 0 aliphatic carbocycles. The largest absolute Gasteiger partial charge is 0.477 e. The monoisotopic (exact) mass is 501 g/mol. The number of hydrogen-bond acceptors (Lipinski definition) is 12. The Morgan fingerprint density at radius 3 is 2.81 bits per heavy atom. The zero-order chi connectivity index (χ0) is 22.3. The minimum atomic E-state index is -1.25. The van der Waals surface area contributed by atoms with Crippen LogP contribution in [0.2, 0.25) is 4.34 Å². The summed E-state index contributed by atoms with van der Waals surface area (Å²) < 4.78 is 7.98. The molecular weight excluding hydrogens is 490 g/mol. The number of aliphatic carboxylic acids is 1. The number of nitrogens with one attached hydrogen (secondary N) is 1. The summed E-state index contributed by atoms with van der Waals surface area (Å²) in [6.45, 7) is 0. The molecule has 0 radical (unpaired) electrons. The Bertz CT molecular complexity index is 1130. The van der Waals surface area contributed by atoms with Crippen molar-refractivity contribution < 1.29 is 24.7 Å². The Morgan fingerprint density at radius 2 is 2.23 bits per heavy atom. The van der Waals surface area contributed by atoms with E-state index in [0.29, 0.717) is 22.8 Å². The van der Waals surface area contributed by atoms with Crippen LogP contribution in [0, 0.1) is 0 Å². The van der Waals surface area contributed by atoms with Gasteiger partial charge in [-0.05, 0) is 12.8 Å². The van der Waals surface area contributed by atoms with Gasteiger partial charge in [0.2, 0.25) is 0 Å². The molecule has 0 saturated carbocycles. The molecule has 2 aliphatic rings. The van der Waals surface area contributed by atoms with Crippen LogP contribution in [-0.4, -0.2) is 64.5 Å². The van der Waals surface area contributed by atoms with Crippen molar-refractivity contribution in [1.29, 1.82) is 0 Å². The van der Waals surface area contributed by atoms with E-state index in [2.05, 4.69) is 24.2 Å². The quantitative estimate of drug-likeness (QED) is 0.192. The van der Waals surface area contributed by atoms with Crippen LogP contribution in [0.5, 0.6) is 0 Å². The number of amides is 2. The van der Waals surface area contributed by atoms with Crippen LogP contribution < -0.4 is 11.1 Å². The Kier molecular flexibility index (Phi) is 5.83. The number of carbonyl (C=O) groups is 3. The molecule has 2 aromatic rings. The van der Waals surface area contributed by atoms with E-state index < -0.39 is 35.6 Å². The first-order valence-electron chi connectivity index (χ1n) is 8.51. The molecule has 1 saturated heterocycles. The number of β-lactam (4-membered cyclic amide) rings is 1. The molecule has 4 heterocycles. The van der Waals surface area contributed by atoms with Crippen molar-refractivity contribution >= 4 is 75.1 Å². The fourth-order valence-corrected chi connectivity index (χ4v) is 5.75. The number of anilines is 1. The number of thioether (sulfide) groups is 1. The topological polar surface area (TPSA) is 184 Å². The number of thiazole rings is 1. The summed E-state index contributed by atoms with van der Waals surface area (Å²) in [7, 11) is 0. The molecule has 16 heteroatoms. The van der Waals surface area contributed by atoms with Gasteiger partial charge in [-0.3, -0.25) is 14.5 Å². The van der Waals surface area contributed by atoms with Gasteiger partial charge in [0.15, 0.2) is 10.8 Å². The van der Waals surface area contributed by atoms with Crippen molar-refractivity contribution in [2.45, 2.75) is 30.0 Å². The number of aromatic nitrogens is 3. The van der Waals surface area contributed by atoms with E-state index in [-0.39, 0.29) is 20.9 Å². The summed E-state index contributed by atoms with van der Waals surface area (Å²) in [5, 5.41) is 25.0. The van der Waals surface area contributed by atoms with Crippen LogP contribution in [0.25, 0.3) is 0 Å². The number of allylic oxidation sites excluding steroid dienone is 1. The first-order valence-corrected chi connectivity index (χ1v) is 11.3. The standard InChI is InChI=1S/C15H12ClN7O5S3/c16-11-8(20-15(17)30-11)9(21-28)12(24)19-7-4-1-2-5(29-6-3-18-31-22-6)10(14(26)27)23(4)13(7)25/h3-4,7,28H,1-2H2,(H2,17,20)(H,19,24)(H,26,27)/b21-9-/t4-,7+/m1/s1. The minimum Gasteiger partial charge on any atom is -0.477 e. The van der Waals surface area contributed by atoms with Crippen molar-refractivity contribution in [3.05, 3.63) is 26.8 Å². The Labute approximate surface area is 191 Å². The smallest absolute Gasteiger partial charge is 0.353 e. The summed E-state index contributed by atoms with van der Waals surface area (Å²) in [4.78, 5) is 42.7. The summed E-state index contributed by atoms with van der Waals surface area (Å²) in [6, 6.07) is -1.54. The van der Waals surface area contributed by atoms with Gasteiger partial charge < -0.3 is 21.4 Å². The molecule has 2 atom stereocenters. The SMILES string of the molecule is Nc1nc(/C(=N/O)C(=O)N[C@@H]2C(=O)N3C(C(=O)O)=C(Sc4cnsn4)CC[C@H]23)c(Cl)s1. The third kappa shape index (κ3) is 3.84. The lowest BCUT2D eigenvalue weighted by Gasteiger charge is -2.50. The molecule has 162 valence electrons. The number of nitrogen functional groups attached to an aromatic ring is 1. The Balaban J connectivity index is 1.53. The van der Waals surface area contributed by atoms with Crippen molar-refractivity contribution in [3.8, 4) is 0 Å². The predicted molar refractivity (Wildman–Crippen MR) is 112 cm³/mol. The maximum atomic E-state index is 12.7. The summed E-state index contributed by atoms with van der Waals surface area (Å²) in [6.07, 6.45) is 2.31. The van der Waals surface area contributed by atoms with Crippen molar-refractivity contribution in [3.63, 3.8) is 0 Å². The second-order valence-electron chi connectivity index (χ2n) is 6.31. The van der Waals surface area contributed by atoms with Gasteiger partial charge in [0.1, 0.15) is 26.8 Å². The number of carboxylic acids is 1. The van der Waals surface area contributed by atoms with Crippen molar-refractivity contribution in [2.24, 2.45) is 5.16 Å². The summed E-state index contributed by atoms with van der Waals surface area (Å²) >= 11 is 8.99. The number of fused-ring (bicyclic) bond motifs is 1. The summed E-state index contributed by atoms with van der Waals surface area (Å²) in [5.41, 5.74) is 4.79. The molecule has 0 unspecified atom stereocenters. The highest BCUT2D eigenvalue weighted by atomic mass is 35.5. The lowest BCUT2D eigenvalue weighted by atomic mass is 9.86. The Hall–Kier alpha value is -2.75. The fourth-order valence-electron chi connectivity index (χ4n) is 3.33. The third-order valence-corrected chi connectivity index (χ3v) is 7.32. The molecule has 5 N–H and O–H groups in total. The highest BCUT2D eigenvalue weighted by Gasteiger charge is 2.54. The normalized spacial score (nSPS) is 21.0. The van der Waals surface area contributed by atoms with E-state index in [1.165, 1.54) is 6.20 Å². The molecule has 4 rings (SSSR count). The van der Waals surface area contributed by atoms with Crippen molar-refractivity contribution in [2.75, 3.05) is 5.73 Å². The lowest BCUT2D eigenvalue weighted by Crippen LogP contribution is -2.72. The number of carboxylic acid groups (broad SMARTS) is 1. The predicted octanol–water partition coefficient (Wildman–Crippen LogP) is 0.986. The van der Waals surface area contributed by atoms with E-state index in [1.54, 1.807) is 0 Å². The molecule has 0 aromatic carbocycles. The number of hydrogen-bond donors (Lipinski definition) is 4. The van der Waals surface area contributed by atoms with Crippen LogP contribution in [0.3, 0.4) is 0 Å². The van der Waals surface area contributed by atoms with Gasteiger partial charge in [0.25, 0.3) is 11.8 Å². The first kappa shape index (κ1) is 21.5. The van der Waals surface area contributed by atoms with Crippen LogP contribution in [0.1, 0.15) is 18.5 Å². The van der Waals surface area contributed by atoms with E-state index in [9.17, 15) is 24.7 Å². The van der Waals surface area contributed by atoms with Gasteiger partial charge in [0, 0.05) is 4.91 Å². The van der Waals surface area contributed by atoms with Crippen molar-refractivity contribution in [1.82, 2.24) is 23.9 Å². The molecular formula is C15H12ClN7O5S3. The van der Waals surface area contributed by atoms with E-state index in [4.69, 9.17) is 17.3 Å². The van der Waals surface area contributed by atoms with E-state index in [1.807, 2.05) is 0 Å². The molecule has 2 aliphatic heterocycles. The summed E-state index contributed by atoms with van der Waals surface area (Å²) in [5.74, 6) is -2.73.